The number of pyridine rings is 1. The number of aromatic nitrogens is 5. The van der Waals surface area contributed by atoms with Crippen LogP contribution < -0.4 is 0 Å². The fraction of sp³-hybridized carbons (Fsp3) is 0.0588. The second-order valence-electron chi connectivity index (χ2n) is 5.26. The van der Waals surface area contributed by atoms with Crippen molar-refractivity contribution in [2.75, 3.05) is 0 Å². The van der Waals surface area contributed by atoms with Gasteiger partial charge in [0.15, 0.2) is 5.69 Å². The van der Waals surface area contributed by atoms with Crippen LogP contribution in [0.1, 0.15) is 5.69 Å². The molecule has 6 nitrogen and oxygen atoms in total. The van der Waals surface area contributed by atoms with E-state index in [0.29, 0.717) is 11.4 Å². The Morgan fingerprint density at radius 1 is 1.17 bits per heavy atom. The van der Waals surface area contributed by atoms with Crippen molar-refractivity contribution in [3.05, 3.63) is 54.5 Å². The highest BCUT2D eigenvalue weighted by Gasteiger charge is 2.13. The molecule has 4 rings (SSSR count). The first-order valence-corrected chi connectivity index (χ1v) is 7.10. The van der Waals surface area contributed by atoms with E-state index in [4.69, 9.17) is 5.26 Å². The number of benzene rings is 1. The zero-order chi connectivity index (χ0) is 15.8. The van der Waals surface area contributed by atoms with Crippen LogP contribution in [0.25, 0.3) is 33.4 Å². The second-order valence-corrected chi connectivity index (χ2v) is 5.26. The smallest absolute Gasteiger partial charge is 0.163 e. The van der Waals surface area contributed by atoms with Gasteiger partial charge < -0.3 is 4.57 Å². The van der Waals surface area contributed by atoms with Crippen LogP contribution in [0.3, 0.4) is 0 Å². The van der Waals surface area contributed by atoms with E-state index < -0.39 is 0 Å². The molecule has 4 aromatic rings. The first kappa shape index (κ1) is 13.2. The number of hydrogen-bond acceptors (Lipinski definition) is 4. The number of nitriles is 1. The lowest BCUT2D eigenvalue weighted by atomic mass is 10.0. The number of H-pyrrole nitrogens is 1. The van der Waals surface area contributed by atoms with Gasteiger partial charge in [0.2, 0.25) is 0 Å². The number of aromatic amines is 1. The summed E-state index contributed by atoms with van der Waals surface area (Å²) in [6.45, 7) is 0. The zero-order valence-electron chi connectivity index (χ0n) is 12.4. The summed E-state index contributed by atoms with van der Waals surface area (Å²) in [6.07, 6.45) is 3.85. The number of nitrogens with one attached hydrogen (secondary N) is 1. The third-order valence-electron chi connectivity index (χ3n) is 3.84. The van der Waals surface area contributed by atoms with Crippen molar-refractivity contribution >= 4 is 11.0 Å². The molecule has 0 radical (unpaired) electrons. The SMILES string of the molecule is Cn1cc(-c2cccc(-c3nn[nH]c3C#N)c2)c2cccnc21. The van der Waals surface area contributed by atoms with Gasteiger partial charge in [0.25, 0.3) is 0 Å². The monoisotopic (exact) mass is 300 g/mol. The van der Waals surface area contributed by atoms with Crippen LogP contribution >= 0.6 is 0 Å². The predicted octanol–water partition coefficient (Wildman–Crippen LogP) is 2.90. The van der Waals surface area contributed by atoms with Gasteiger partial charge in [0.05, 0.1) is 0 Å². The summed E-state index contributed by atoms with van der Waals surface area (Å²) < 4.78 is 2.01. The van der Waals surface area contributed by atoms with Gasteiger partial charge in [0, 0.05) is 36.0 Å². The Kier molecular flexibility index (Phi) is 2.91. The highest BCUT2D eigenvalue weighted by molar-refractivity contribution is 5.94. The quantitative estimate of drug-likeness (QED) is 0.617. The van der Waals surface area contributed by atoms with Gasteiger partial charge in [-0.05, 0) is 23.8 Å². The minimum atomic E-state index is 0.363. The molecule has 0 spiro atoms. The van der Waals surface area contributed by atoms with Crippen LogP contribution in [0.4, 0.5) is 0 Å². The fourth-order valence-corrected chi connectivity index (χ4v) is 2.78. The van der Waals surface area contributed by atoms with Gasteiger partial charge in [-0.25, -0.2) is 10.1 Å². The Balaban J connectivity index is 1.90. The first-order chi connectivity index (χ1) is 11.3. The lowest BCUT2D eigenvalue weighted by molar-refractivity contribution is 0.937. The molecule has 0 bridgehead atoms. The van der Waals surface area contributed by atoms with Gasteiger partial charge >= 0.3 is 0 Å². The third-order valence-corrected chi connectivity index (χ3v) is 3.84. The second kappa shape index (κ2) is 5.07. The number of aryl methyl sites for hydroxylation is 1. The van der Waals surface area contributed by atoms with Crippen LogP contribution in [0, 0.1) is 11.3 Å². The van der Waals surface area contributed by atoms with Crippen molar-refractivity contribution in [1.82, 2.24) is 25.0 Å². The van der Waals surface area contributed by atoms with Crippen LogP contribution in [0.15, 0.2) is 48.8 Å². The van der Waals surface area contributed by atoms with Crippen molar-refractivity contribution in [2.45, 2.75) is 0 Å². The molecule has 0 atom stereocenters. The molecule has 110 valence electrons. The molecule has 0 aliphatic carbocycles. The minimum absolute atomic E-state index is 0.363. The van der Waals surface area contributed by atoms with Crippen molar-refractivity contribution in [3.63, 3.8) is 0 Å². The largest absolute Gasteiger partial charge is 0.335 e. The molecular weight excluding hydrogens is 288 g/mol. The lowest BCUT2D eigenvalue weighted by Crippen LogP contribution is -1.85. The molecule has 0 fully saturated rings. The highest BCUT2D eigenvalue weighted by atomic mass is 15.3. The molecule has 0 aliphatic heterocycles. The zero-order valence-corrected chi connectivity index (χ0v) is 12.4. The van der Waals surface area contributed by atoms with E-state index >= 15 is 0 Å². The predicted molar refractivity (Wildman–Crippen MR) is 86.2 cm³/mol. The molecule has 1 N–H and O–H groups in total. The van der Waals surface area contributed by atoms with E-state index in [1.165, 1.54) is 0 Å². The number of fused-ring (bicyclic) bond motifs is 1. The van der Waals surface area contributed by atoms with Gasteiger partial charge in [0.1, 0.15) is 17.4 Å². The van der Waals surface area contributed by atoms with E-state index in [9.17, 15) is 0 Å². The summed E-state index contributed by atoms with van der Waals surface area (Å²) in [5.74, 6) is 0. The number of rotatable bonds is 2. The molecule has 0 saturated carbocycles. The number of nitrogens with zero attached hydrogens (tertiary/aromatic N) is 5. The summed E-state index contributed by atoms with van der Waals surface area (Å²) in [5.41, 5.74) is 4.86. The van der Waals surface area contributed by atoms with Gasteiger partial charge in [-0.3, -0.25) is 0 Å². The normalized spacial score (nSPS) is 10.8. The average Bonchev–Trinajstić information content (AvgIpc) is 3.20. The lowest BCUT2D eigenvalue weighted by Gasteiger charge is -2.02. The van der Waals surface area contributed by atoms with Gasteiger partial charge in [-0.2, -0.15) is 5.26 Å². The maximum absolute atomic E-state index is 9.13. The average molecular weight is 300 g/mol. The van der Waals surface area contributed by atoms with E-state index in [0.717, 1.165) is 27.7 Å². The fourth-order valence-electron chi connectivity index (χ4n) is 2.78. The Morgan fingerprint density at radius 2 is 2.04 bits per heavy atom. The Bertz CT molecular complexity index is 1050. The molecule has 0 saturated heterocycles. The first-order valence-electron chi connectivity index (χ1n) is 7.10. The Hall–Kier alpha value is -3.46. The molecule has 0 unspecified atom stereocenters. The molecule has 0 aliphatic rings. The maximum atomic E-state index is 9.13. The van der Waals surface area contributed by atoms with Gasteiger partial charge in [-0.15, -0.1) is 5.10 Å². The van der Waals surface area contributed by atoms with E-state index in [-0.39, 0.29) is 0 Å². The molecule has 3 heterocycles. The topological polar surface area (TPSA) is 83.2 Å². The Labute approximate surface area is 132 Å². The summed E-state index contributed by atoms with van der Waals surface area (Å²) in [6, 6.07) is 14.0. The van der Waals surface area contributed by atoms with E-state index in [1.54, 1.807) is 6.20 Å². The molecule has 1 aromatic carbocycles. The van der Waals surface area contributed by atoms with Crippen LogP contribution in [0.2, 0.25) is 0 Å². The highest BCUT2D eigenvalue weighted by Crippen LogP contribution is 2.31. The van der Waals surface area contributed by atoms with Crippen molar-refractivity contribution in [1.29, 1.82) is 5.26 Å². The van der Waals surface area contributed by atoms with E-state index in [1.807, 2.05) is 41.9 Å². The third kappa shape index (κ3) is 2.07. The standard InChI is InChI=1S/C17H12N6/c1-23-10-14(13-6-3-7-19-17(13)23)11-4-2-5-12(8-11)16-15(9-18)20-22-21-16/h2-8,10H,1H3,(H,20,21,22). The van der Waals surface area contributed by atoms with Crippen molar-refractivity contribution in [3.8, 4) is 28.5 Å². The molecule has 0 amide bonds. The summed E-state index contributed by atoms with van der Waals surface area (Å²) >= 11 is 0. The maximum Gasteiger partial charge on any atom is 0.163 e. The van der Waals surface area contributed by atoms with Crippen molar-refractivity contribution in [2.24, 2.45) is 7.05 Å². The minimum Gasteiger partial charge on any atom is -0.335 e. The summed E-state index contributed by atoms with van der Waals surface area (Å²) in [5, 5.41) is 20.6. The summed E-state index contributed by atoms with van der Waals surface area (Å²) in [4.78, 5) is 4.42. The molecule has 23 heavy (non-hydrogen) atoms. The Morgan fingerprint density at radius 3 is 2.91 bits per heavy atom. The molecule has 6 heteroatoms. The number of hydrogen-bond donors (Lipinski definition) is 1. The molecular formula is C17H12N6. The van der Waals surface area contributed by atoms with Gasteiger partial charge in [-0.1, -0.05) is 23.4 Å². The summed E-state index contributed by atoms with van der Waals surface area (Å²) in [7, 11) is 1.98. The van der Waals surface area contributed by atoms with Crippen LogP contribution in [0.5, 0.6) is 0 Å². The molecule has 3 aromatic heterocycles. The van der Waals surface area contributed by atoms with Crippen LogP contribution in [-0.2, 0) is 7.05 Å². The van der Waals surface area contributed by atoms with E-state index in [2.05, 4.69) is 38.7 Å². The van der Waals surface area contributed by atoms with Crippen LogP contribution in [-0.4, -0.2) is 25.0 Å². The van der Waals surface area contributed by atoms with Crippen molar-refractivity contribution < 1.29 is 0 Å².